The van der Waals surface area contributed by atoms with Crippen LogP contribution in [0, 0.1) is 6.92 Å². The second-order valence-corrected chi connectivity index (χ2v) is 5.34. The number of carbonyl (C=O) groups excluding carboxylic acids is 1. The van der Waals surface area contributed by atoms with Crippen LogP contribution in [0.3, 0.4) is 0 Å². The van der Waals surface area contributed by atoms with Gasteiger partial charge in [0.15, 0.2) is 0 Å². The monoisotopic (exact) mass is 321 g/mol. The highest BCUT2D eigenvalue weighted by Crippen LogP contribution is 2.08. The van der Waals surface area contributed by atoms with Crippen LogP contribution in [0.15, 0.2) is 24.7 Å². The topological polar surface area (TPSA) is 64.7 Å². The molecular formula is C15H20ClN5O. The van der Waals surface area contributed by atoms with Gasteiger partial charge in [-0.3, -0.25) is 14.2 Å². The van der Waals surface area contributed by atoms with Gasteiger partial charge in [0.1, 0.15) is 0 Å². The van der Waals surface area contributed by atoms with E-state index in [4.69, 9.17) is 11.6 Å². The zero-order chi connectivity index (χ0) is 15.9. The number of aromatic nitrogens is 4. The molecule has 0 saturated heterocycles. The van der Waals surface area contributed by atoms with Crippen LogP contribution >= 0.6 is 11.6 Å². The second kappa shape index (κ2) is 7.79. The number of carbonyl (C=O) groups is 1. The maximum Gasteiger partial charge on any atom is 0.244 e. The molecule has 2 heterocycles. The first-order chi connectivity index (χ1) is 10.6. The molecule has 0 fully saturated rings. The lowest BCUT2D eigenvalue weighted by Crippen LogP contribution is -2.23. The van der Waals surface area contributed by atoms with Gasteiger partial charge in [-0.2, -0.15) is 10.2 Å². The van der Waals surface area contributed by atoms with Crippen LogP contribution in [0.1, 0.15) is 24.6 Å². The molecule has 0 atom stereocenters. The molecule has 0 aliphatic carbocycles. The van der Waals surface area contributed by atoms with E-state index in [2.05, 4.69) is 15.5 Å². The lowest BCUT2D eigenvalue weighted by Gasteiger charge is -2.03. The van der Waals surface area contributed by atoms with E-state index in [9.17, 15) is 4.79 Å². The molecule has 0 saturated carbocycles. The molecule has 0 aromatic carbocycles. The van der Waals surface area contributed by atoms with Gasteiger partial charge in [0.05, 0.1) is 17.4 Å². The number of aryl methyl sites for hydroxylation is 2. The molecule has 22 heavy (non-hydrogen) atoms. The number of nitrogens with one attached hydrogen (secondary N) is 1. The number of rotatable bonds is 7. The largest absolute Gasteiger partial charge is 0.352 e. The van der Waals surface area contributed by atoms with Crippen molar-refractivity contribution in [2.24, 2.45) is 0 Å². The van der Waals surface area contributed by atoms with Gasteiger partial charge in [-0.25, -0.2) is 0 Å². The molecule has 2 aromatic heterocycles. The summed E-state index contributed by atoms with van der Waals surface area (Å²) in [4.78, 5) is 11.8. The van der Waals surface area contributed by atoms with Crippen molar-refractivity contribution in [2.75, 3.05) is 6.54 Å². The summed E-state index contributed by atoms with van der Waals surface area (Å²) in [5.74, 6) is -0.109. The highest BCUT2D eigenvalue weighted by Gasteiger charge is 2.02. The Kier molecular flexibility index (Phi) is 5.77. The van der Waals surface area contributed by atoms with Crippen molar-refractivity contribution < 1.29 is 4.79 Å². The van der Waals surface area contributed by atoms with Gasteiger partial charge in [0.2, 0.25) is 5.91 Å². The average Bonchev–Trinajstić information content (AvgIpc) is 3.07. The third-order valence-electron chi connectivity index (χ3n) is 3.32. The lowest BCUT2D eigenvalue weighted by atomic mass is 10.2. The summed E-state index contributed by atoms with van der Waals surface area (Å²) in [7, 11) is 0. The smallest absolute Gasteiger partial charge is 0.244 e. The Labute approximate surface area is 134 Å². The Hall–Kier alpha value is -2.08. The number of halogens is 1. The van der Waals surface area contributed by atoms with Crippen LogP contribution in [0.2, 0.25) is 5.02 Å². The van der Waals surface area contributed by atoms with Crippen LogP contribution in [0.4, 0.5) is 0 Å². The Bertz CT molecular complexity index is 659. The summed E-state index contributed by atoms with van der Waals surface area (Å²) in [6, 6.07) is 0. The highest BCUT2D eigenvalue weighted by molar-refractivity contribution is 6.30. The molecule has 2 rings (SSSR count). The first-order valence-corrected chi connectivity index (χ1v) is 7.64. The minimum Gasteiger partial charge on any atom is -0.352 e. The minimum absolute atomic E-state index is 0.109. The molecule has 0 radical (unpaired) electrons. The fourth-order valence-corrected chi connectivity index (χ4v) is 2.24. The van der Waals surface area contributed by atoms with Gasteiger partial charge < -0.3 is 5.32 Å². The molecule has 1 N–H and O–H groups in total. The predicted octanol–water partition coefficient (Wildman–Crippen LogP) is 2.28. The molecule has 0 spiro atoms. The van der Waals surface area contributed by atoms with Crippen molar-refractivity contribution in [3.8, 4) is 0 Å². The summed E-state index contributed by atoms with van der Waals surface area (Å²) in [5.41, 5.74) is 2.02. The third-order valence-corrected chi connectivity index (χ3v) is 3.52. The number of hydrogen-bond donors (Lipinski definition) is 1. The van der Waals surface area contributed by atoms with Crippen LogP contribution in [-0.4, -0.2) is 32.0 Å². The van der Waals surface area contributed by atoms with Crippen molar-refractivity contribution in [3.05, 3.63) is 40.9 Å². The molecule has 0 aliphatic rings. The zero-order valence-corrected chi connectivity index (χ0v) is 13.5. The van der Waals surface area contributed by atoms with E-state index >= 15 is 0 Å². The van der Waals surface area contributed by atoms with Crippen LogP contribution in [-0.2, 0) is 17.9 Å². The molecule has 118 valence electrons. The van der Waals surface area contributed by atoms with Crippen LogP contribution in [0.25, 0.3) is 6.08 Å². The highest BCUT2D eigenvalue weighted by atomic mass is 35.5. The van der Waals surface area contributed by atoms with E-state index in [0.717, 1.165) is 30.8 Å². The summed E-state index contributed by atoms with van der Waals surface area (Å²) in [5, 5.41) is 11.8. The molecule has 6 nitrogen and oxygen atoms in total. The van der Waals surface area contributed by atoms with Crippen LogP contribution in [0.5, 0.6) is 0 Å². The van der Waals surface area contributed by atoms with E-state index < -0.39 is 0 Å². The van der Waals surface area contributed by atoms with Crippen molar-refractivity contribution in [3.63, 3.8) is 0 Å². The van der Waals surface area contributed by atoms with E-state index in [1.807, 2.05) is 18.5 Å². The fourth-order valence-electron chi connectivity index (χ4n) is 2.08. The van der Waals surface area contributed by atoms with Crippen molar-refractivity contribution in [1.82, 2.24) is 24.9 Å². The number of amides is 1. The third kappa shape index (κ3) is 4.46. The first kappa shape index (κ1) is 16.3. The van der Waals surface area contributed by atoms with Crippen molar-refractivity contribution in [2.45, 2.75) is 33.4 Å². The minimum atomic E-state index is -0.109. The summed E-state index contributed by atoms with van der Waals surface area (Å²) in [6.45, 7) is 6.16. The molecule has 2 aromatic rings. The number of hydrogen-bond acceptors (Lipinski definition) is 3. The van der Waals surface area contributed by atoms with Crippen molar-refractivity contribution in [1.29, 1.82) is 0 Å². The Balaban J connectivity index is 1.73. The van der Waals surface area contributed by atoms with E-state index in [1.165, 1.54) is 6.08 Å². The quantitative estimate of drug-likeness (QED) is 0.628. The average molecular weight is 322 g/mol. The lowest BCUT2D eigenvalue weighted by molar-refractivity contribution is -0.116. The van der Waals surface area contributed by atoms with E-state index in [0.29, 0.717) is 11.6 Å². The maximum atomic E-state index is 11.8. The summed E-state index contributed by atoms with van der Waals surface area (Å²) in [6.07, 6.45) is 9.25. The van der Waals surface area contributed by atoms with Gasteiger partial charge in [0, 0.05) is 43.2 Å². The van der Waals surface area contributed by atoms with Gasteiger partial charge >= 0.3 is 0 Å². The van der Waals surface area contributed by atoms with E-state index in [1.54, 1.807) is 29.3 Å². The summed E-state index contributed by atoms with van der Waals surface area (Å²) >= 11 is 5.78. The maximum absolute atomic E-state index is 11.8. The van der Waals surface area contributed by atoms with Crippen LogP contribution < -0.4 is 5.32 Å². The first-order valence-electron chi connectivity index (χ1n) is 7.26. The summed E-state index contributed by atoms with van der Waals surface area (Å²) < 4.78 is 3.65. The van der Waals surface area contributed by atoms with Gasteiger partial charge in [0.25, 0.3) is 0 Å². The number of nitrogens with zero attached hydrogens (tertiary/aromatic N) is 4. The molecule has 0 aliphatic heterocycles. The molecule has 7 heteroatoms. The molecular weight excluding hydrogens is 302 g/mol. The Morgan fingerprint density at radius 2 is 2.23 bits per heavy atom. The predicted molar refractivity (Wildman–Crippen MR) is 86.5 cm³/mol. The van der Waals surface area contributed by atoms with Crippen molar-refractivity contribution >= 4 is 23.6 Å². The van der Waals surface area contributed by atoms with Gasteiger partial charge in [-0.1, -0.05) is 11.6 Å². The zero-order valence-electron chi connectivity index (χ0n) is 12.8. The van der Waals surface area contributed by atoms with Gasteiger partial charge in [-0.15, -0.1) is 0 Å². The fraction of sp³-hybridized carbons (Fsp3) is 0.400. The molecule has 1 amide bonds. The van der Waals surface area contributed by atoms with E-state index in [-0.39, 0.29) is 5.91 Å². The molecule has 0 bridgehead atoms. The van der Waals surface area contributed by atoms with Gasteiger partial charge in [-0.05, 0) is 26.3 Å². The Morgan fingerprint density at radius 1 is 1.41 bits per heavy atom. The Morgan fingerprint density at radius 3 is 2.86 bits per heavy atom. The second-order valence-electron chi connectivity index (χ2n) is 4.90. The molecule has 0 unspecified atom stereocenters. The standard InChI is InChI=1S/C15H20ClN5O/c1-3-21-12(2)13(9-19-21)5-6-15(22)17-7-4-8-20-11-14(16)10-18-20/h5-6,9-11H,3-4,7-8H2,1-2H3,(H,17,22)/b6-5+. The normalized spacial score (nSPS) is 11.2. The SMILES string of the molecule is CCn1ncc(/C=C/C(=O)NCCCn2cc(Cl)cn2)c1C.